The fraction of sp³-hybridized carbons (Fsp3) is 0.250. The summed E-state index contributed by atoms with van der Waals surface area (Å²) in [5.74, 6) is -0.469. The molecule has 13 heavy (non-hydrogen) atoms. The highest BCUT2D eigenvalue weighted by Gasteiger charge is 2.13. The van der Waals surface area contributed by atoms with E-state index < -0.39 is 12.0 Å². The van der Waals surface area contributed by atoms with Crippen molar-refractivity contribution in [2.24, 2.45) is 5.73 Å². The number of alkyl halides is 1. The van der Waals surface area contributed by atoms with Crippen LogP contribution in [0.5, 0.6) is 0 Å². The molecule has 0 bridgehead atoms. The van der Waals surface area contributed by atoms with Crippen LogP contribution in [0.2, 0.25) is 0 Å². The molecular weight excluding hydrogens is 263 g/mol. The Morgan fingerprint density at radius 2 is 2.08 bits per heavy atom. The molecule has 0 aromatic heterocycles. The van der Waals surface area contributed by atoms with E-state index in [0.29, 0.717) is 0 Å². The van der Waals surface area contributed by atoms with E-state index in [0.717, 1.165) is 0 Å². The summed E-state index contributed by atoms with van der Waals surface area (Å²) < 4.78 is 26.0. The third-order valence-electron chi connectivity index (χ3n) is 1.53. The minimum absolute atomic E-state index is 0. The van der Waals surface area contributed by atoms with Crippen LogP contribution < -0.4 is 5.73 Å². The van der Waals surface area contributed by atoms with Crippen LogP contribution in [0.1, 0.15) is 11.7 Å². The van der Waals surface area contributed by atoms with E-state index in [-0.39, 0.29) is 29.0 Å². The molecule has 0 fully saturated rings. The summed E-state index contributed by atoms with van der Waals surface area (Å²) in [5.41, 5.74) is 5.37. The molecule has 0 spiro atoms. The van der Waals surface area contributed by atoms with Crippen LogP contribution in [-0.4, -0.2) is 6.54 Å². The van der Waals surface area contributed by atoms with Gasteiger partial charge in [-0.3, -0.25) is 0 Å². The van der Waals surface area contributed by atoms with E-state index in [1.807, 2.05) is 0 Å². The van der Waals surface area contributed by atoms with Crippen molar-refractivity contribution in [1.29, 1.82) is 0 Å². The zero-order valence-electron chi connectivity index (χ0n) is 6.64. The second-order valence-corrected chi connectivity index (χ2v) is 3.14. The number of halogens is 4. The summed E-state index contributed by atoms with van der Waals surface area (Å²) in [6.07, 6.45) is -1.31. The molecule has 1 unspecified atom stereocenters. The van der Waals surface area contributed by atoms with Gasteiger partial charge in [-0.2, -0.15) is 0 Å². The first-order valence-corrected chi connectivity index (χ1v) is 4.24. The monoisotopic (exact) mass is 271 g/mol. The second kappa shape index (κ2) is 5.52. The predicted molar refractivity (Wildman–Crippen MR) is 54.3 cm³/mol. The van der Waals surface area contributed by atoms with Crippen LogP contribution in [0.15, 0.2) is 22.7 Å². The molecular formula is C8H9BrClF2N. The lowest BCUT2D eigenvalue weighted by Gasteiger charge is -2.07. The van der Waals surface area contributed by atoms with Gasteiger partial charge in [0.05, 0.1) is 4.47 Å². The number of nitrogens with two attached hydrogens (primary N) is 1. The Morgan fingerprint density at radius 1 is 1.46 bits per heavy atom. The first-order chi connectivity index (χ1) is 5.66. The maximum atomic E-state index is 13.0. The second-order valence-electron chi connectivity index (χ2n) is 2.35. The van der Waals surface area contributed by atoms with E-state index in [2.05, 4.69) is 15.9 Å². The molecule has 1 aromatic carbocycles. The molecule has 1 nitrogen and oxygen atoms in total. The van der Waals surface area contributed by atoms with Gasteiger partial charge in [0, 0.05) is 12.1 Å². The smallest absolute Gasteiger partial charge is 0.138 e. The molecule has 1 atom stereocenters. The highest BCUT2D eigenvalue weighted by Crippen LogP contribution is 2.27. The Morgan fingerprint density at radius 3 is 2.62 bits per heavy atom. The average molecular weight is 273 g/mol. The van der Waals surface area contributed by atoms with Crippen LogP contribution >= 0.6 is 28.3 Å². The standard InChI is InChI=1S/C8H8BrF2N.ClH/c9-8-5(7(11)4-12)2-1-3-6(8)10;/h1-3,7H,4,12H2;1H. The molecule has 74 valence electrons. The van der Waals surface area contributed by atoms with Gasteiger partial charge >= 0.3 is 0 Å². The lowest BCUT2D eigenvalue weighted by atomic mass is 10.1. The van der Waals surface area contributed by atoms with E-state index in [9.17, 15) is 8.78 Å². The van der Waals surface area contributed by atoms with Gasteiger partial charge in [0.2, 0.25) is 0 Å². The third-order valence-corrected chi connectivity index (χ3v) is 2.36. The van der Waals surface area contributed by atoms with Gasteiger partial charge < -0.3 is 5.73 Å². The van der Waals surface area contributed by atoms with Gasteiger partial charge in [0.1, 0.15) is 12.0 Å². The number of benzene rings is 1. The van der Waals surface area contributed by atoms with Gasteiger partial charge in [-0.1, -0.05) is 12.1 Å². The maximum absolute atomic E-state index is 13.0. The summed E-state index contributed by atoms with van der Waals surface area (Å²) in [6.45, 7) is -0.137. The number of rotatable bonds is 2. The molecule has 5 heteroatoms. The quantitative estimate of drug-likeness (QED) is 0.880. The van der Waals surface area contributed by atoms with Crippen molar-refractivity contribution in [1.82, 2.24) is 0 Å². The third kappa shape index (κ3) is 2.90. The van der Waals surface area contributed by atoms with Crippen molar-refractivity contribution in [2.75, 3.05) is 6.54 Å². The Kier molecular flexibility index (Phi) is 5.44. The van der Waals surface area contributed by atoms with Crippen LogP contribution in [0.4, 0.5) is 8.78 Å². The van der Waals surface area contributed by atoms with Crippen LogP contribution in [0.3, 0.4) is 0 Å². The average Bonchev–Trinajstić information content (AvgIpc) is 2.08. The fourth-order valence-corrected chi connectivity index (χ4v) is 1.40. The van der Waals surface area contributed by atoms with Crippen molar-refractivity contribution >= 4 is 28.3 Å². The molecule has 0 heterocycles. The Bertz CT molecular complexity index is 283. The largest absolute Gasteiger partial charge is 0.327 e. The molecule has 0 saturated carbocycles. The molecule has 0 saturated heterocycles. The highest BCUT2D eigenvalue weighted by molar-refractivity contribution is 9.10. The van der Waals surface area contributed by atoms with E-state index in [1.165, 1.54) is 18.2 Å². The summed E-state index contributed by atoms with van der Waals surface area (Å²) >= 11 is 2.95. The summed E-state index contributed by atoms with van der Waals surface area (Å²) in [7, 11) is 0. The summed E-state index contributed by atoms with van der Waals surface area (Å²) in [5, 5.41) is 0. The van der Waals surface area contributed by atoms with Crippen LogP contribution in [-0.2, 0) is 0 Å². The Balaban J connectivity index is 0.00000144. The molecule has 0 aliphatic rings. The zero-order valence-corrected chi connectivity index (χ0v) is 9.04. The van der Waals surface area contributed by atoms with Gasteiger partial charge in [0.15, 0.2) is 0 Å². The minimum Gasteiger partial charge on any atom is -0.327 e. The summed E-state index contributed by atoms with van der Waals surface area (Å²) in [4.78, 5) is 0. The van der Waals surface area contributed by atoms with Gasteiger partial charge in [-0.05, 0) is 22.0 Å². The molecule has 1 rings (SSSR count). The molecule has 0 aliphatic carbocycles. The van der Waals surface area contributed by atoms with Crippen molar-refractivity contribution in [3.63, 3.8) is 0 Å². The zero-order chi connectivity index (χ0) is 9.14. The lowest BCUT2D eigenvalue weighted by molar-refractivity contribution is 0.350. The highest BCUT2D eigenvalue weighted by atomic mass is 79.9. The molecule has 0 amide bonds. The van der Waals surface area contributed by atoms with Crippen molar-refractivity contribution in [3.8, 4) is 0 Å². The number of hydrogen-bond donors (Lipinski definition) is 1. The minimum atomic E-state index is -1.31. The SMILES string of the molecule is Cl.NCC(F)c1cccc(F)c1Br. The predicted octanol–water partition coefficient (Wildman–Crippen LogP) is 2.98. The van der Waals surface area contributed by atoms with Crippen molar-refractivity contribution < 1.29 is 8.78 Å². The number of hydrogen-bond acceptors (Lipinski definition) is 1. The topological polar surface area (TPSA) is 26.0 Å². The molecule has 1 aromatic rings. The van der Waals surface area contributed by atoms with Gasteiger partial charge in [-0.15, -0.1) is 12.4 Å². The fourth-order valence-electron chi connectivity index (χ4n) is 0.889. The molecule has 0 aliphatic heterocycles. The lowest BCUT2D eigenvalue weighted by Crippen LogP contribution is -2.08. The van der Waals surface area contributed by atoms with E-state index >= 15 is 0 Å². The van der Waals surface area contributed by atoms with E-state index in [4.69, 9.17) is 5.73 Å². The van der Waals surface area contributed by atoms with Gasteiger partial charge in [0.25, 0.3) is 0 Å². The first-order valence-electron chi connectivity index (χ1n) is 3.45. The van der Waals surface area contributed by atoms with Crippen molar-refractivity contribution in [3.05, 3.63) is 34.1 Å². The van der Waals surface area contributed by atoms with Gasteiger partial charge in [-0.25, -0.2) is 8.78 Å². The Labute approximate surface area is 89.9 Å². The van der Waals surface area contributed by atoms with Crippen LogP contribution in [0.25, 0.3) is 0 Å². The molecule has 0 radical (unpaired) electrons. The van der Waals surface area contributed by atoms with E-state index in [1.54, 1.807) is 0 Å². The van der Waals surface area contributed by atoms with Crippen LogP contribution in [0, 0.1) is 5.82 Å². The molecule has 2 N–H and O–H groups in total. The first kappa shape index (κ1) is 12.8. The normalized spacial score (nSPS) is 12.0. The Hall–Kier alpha value is -0.190. The van der Waals surface area contributed by atoms with Crippen molar-refractivity contribution in [2.45, 2.75) is 6.17 Å². The maximum Gasteiger partial charge on any atom is 0.138 e. The summed E-state index contributed by atoms with van der Waals surface area (Å²) in [6, 6.07) is 4.22.